The van der Waals surface area contributed by atoms with Crippen LogP contribution >= 0.6 is 0 Å². The summed E-state index contributed by atoms with van der Waals surface area (Å²) >= 11 is 0. The van der Waals surface area contributed by atoms with Crippen LogP contribution in [-0.2, 0) is 16.6 Å². The van der Waals surface area contributed by atoms with E-state index in [-0.39, 0.29) is 5.91 Å². The van der Waals surface area contributed by atoms with Crippen LogP contribution in [-0.4, -0.2) is 22.6 Å². The largest absolute Gasteiger partial charge is 0.461 e. The van der Waals surface area contributed by atoms with Crippen LogP contribution in [0.1, 0.15) is 24.1 Å². The Hall–Kier alpha value is -2.89. The number of hydrogen-bond acceptors (Lipinski definition) is 5. The zero-order valence-electron chi connectivity index (χ0n) is 13.1. The van der Waals surface area contributed by atoms with E-state index in [1.54, 1.807) is 36.9 Å². The molecular formula is C18H17N3O3. The Kier molecular flexibility index (Phi) is 3.65. The van der Waals surface area contributed by atoms with Gasteiger partial charge in [-0.1, -0.05) is 5.16 Å². The smallest absolute Gasteiger partial charge is 0.232 e. The number of rotatable bonds is 6. The van der Waals surface area contributed by atoms with Crippen LogP contribution in [0.4, 0.5) is 0 Å². The fourth-order valence-corrected chi connectivity index (χ4v) is 2.80. The lowest BCUT2D eigenvalue weighted by Gasteiger charge is -2.12. The van der Waals surface area contributed by atoms with Gasteiger partial charge in [0.05, 0.1) is 17.4 Å². The standard InChI is InChI=1S/C18H17N3O3/c22-17(20-10-5-13-3-8-19-9-4-13)18(6-7-18)16-12-15(24-21-16)14-2-1-11-23-14/h1-4,8-9,11-12H,5-7,10H2,(H,20,22). The van der Waals surface area contributed by atoms with E-state index in [1.807, 2.05) is 12.1 Å². The monoisotopic (exact) mass is 323 g/mol. The summed E-state index contributed by atoms with van der Waals surface area (Å²) < 4.78 is 10.6. The molecule has 1 amide bonds. The van der Waals surface area contributed by atoms with Crippen molar-refractivity contribution < 1.29 is 13.7 Å². The molecule has 0 spiro atoms. The summed E-state index contributed by atoms with van der Waals surface area (Å²) in [4.78, 5) is 16.6. The maximum Gasteiger partial charge on any atom is 0.232 e. The highest BCUT2D eigenvalue weighted by molar-refractivity contribution is 5.90. The third-order valence-corrected chi connectivity index (χ3v) is 4.40. The molecular weight excluding hydrogens is 306 g/mol. The molecule has 1 aliphatic carbocycles. The van der Waals surface area contributed by atoms with Gasteiger partial charge in [-0.05, 0) is 49.1 Å². The summed E-state index contributed by atoms with van der Waals surface area (Å²) in [5.41, 5.74) is 1.28. The van der Waals surface area contributed by atoms with Crippen LogP contribution in [0.25, 0.3) is 11.5 Å². The molecule has 0 atom stereocenters. The highest BCUT2D eigenvalue weighted by atomic mass is 16.5. The molecule has 0 saturated heterocycles. The van der Waals surface area contributed by atoms with Crippen LogP contribution in [0.5, 0.6) is 0 Å². The van der Waals surface area contributed by atoms with Crippen molar-refractivity contribution in [3.8, 4) is 11.5 Å². The molecule has 3 aromatic rings. The predicted molar refractivity (Wildman–Crippen MR) is 86.1 cm³/mol. The second-order valence-electron chi connectivity index (χ2n) is 6.00. The van der Waals surface area contributed by atoms with Gasteiger partial charge in [-0.3, -0.25) is 9.78 Å². The minimum absolute atomic E-state index is 0.0100. The summed E-state index contributed by atoms with van der Waals surface area (Å²) in [6, 6.07) is 9.29. The van der Waals surface area contributed by atoms with Gasteiger partial charge in [0.1, 0.15) is 0 Å². The fraction of sp³-hybridized carbons (Fsp3) is 0.278. The Morgan fingerprint density at radius 1 is 1.21 bits per heavy atom. The van der Waals surface area contributed by atoms with E-state index in [0.29, 0.717) is 23.8 Å². The molecule has 24 heavy (non-hydrogen) atoms. The normalized spacial score (nSPS) is 15.2. The van der Waals surface area contributed by atoms with Crippen molar-refractivity contribution in [3.05, 3.63) is 60.2 Å². The van der Waals surface area contributed by atoms with E-state index < -0.39 is 5.41 Å². The first-order chi connectivity index (χ1) is 11.8. The highest BCUT2D eigenvalue weighted by Gasteiger charge is 2.53. The van der Waals surface area contributed by atoms with Crippen LogP contribution < -0.4 is 5.32 Å². The number of aromatic nitrogens is 2. The Morgan fingerprint density at radius 3 is 2.75 bits per heavy atom. The van der Waals surface area contributed by atoms with Crippen LogP contribution in [0.2, 0.25) is 0 Å². The first kappa shape index (κ1) is 14.7. The first-order valence-corrected chi connectivity index (χ1v) is 7.96. The van der Waals surface area contributed by atoms with Crippen LogP contribution in [0, 0.1) is 0 Å². The maximum absolute atomic E-state index is 12.6. The maximum atomic E-state index is 12.6. The molecule has 3 heterocycles. The van der Waals surface area contributed by atoms with E-state index in [4.69, 9.17) is 8.94 Å². The molecule has 6 heteroatoms. The molecule has 0 radical (unpaired) electrons. The van der Waals surface area contributed by atoms with Gasteiger partial charge < -0.3 is 14.3 Å². The van der Waals surface area contributed by atoms with Crippen molar-refractivity contribution in [2.45, 2.75) is 24.7 Å². The van der Waals surface area contributed by atoms with Gasteiger partial charge in [-0.25, -0.2) is 0 Å². The van der Waals surface area contributed by atoms with E-state index >= 15 is 0 Å². The van der Waals surface area contributed by atoms with Gasteiger partial charge in [0.25, 0.3) is 0 Å². The lowest BCUT2D eigenvalue weighted by Crippen LogP contribution is -2.36. The molecule has 0 aliphatic heterocycles. The number of carbonyl (C=O) groups excluding carboxylic acids is 1. The molecule has 0 unspecified atom stereocenters. The number of hydrogen-bond donors (Lipinski definition) is 1. The highest BCUT2D eigenvalue weighted by Crippen LogP contribution is 2.48. The lowest BCUT2D eigenvalue weighted by atomic mass is 10.0. The minimum Gasteiger partial charge on any atom is -0.461 e. The van der Waals surface area contributed by atoms with Crippen LogP contribution in [0.15, 0.2) is 57.9 Å². The third kappa shape index (κ3) is 2.71. The third-order valence-electron chi connectivity index (χ3n) is 4.40. The number of furan rings is 1. The SMILES string of the molecule is O=C(NCCc1ccncc1)C1(c2cc(-c3ccco3)on2)CC1. The second kappa shape index (κ2) is 5.96. The molecule has 1 fully saturated rings. The summed E-state index contributed by atoms with van der Waals surface area (Å²) in [5.74, 6) is 1.17. The van der Waals surface area contributed by atoms with E-state index in [0.717, 1.165) is 24.8 Å². The van der Waals surface area contributed by atoms with E-state index in [2.05, 4.69) is 15.5 Å². The quantitative estimate of drug-likeness (QED) is 0.754. The molecule has 1 aliphatic rings. The Morgan fingerprint density at radius 2 is 2.04 bits per heavy atom. The molecule has 122 valence electrons. The summed E-state index contributed by atoms with van der Waals surface area (Å²) in [5, 5.41) is 7.10. The van der Waals surface area contributed by atoms with Gasteiger partial charge in [0.2, 0.25) is 11.7 Å². The van der Waals surface area contributed by atoms with Gasteiger partial charge in [0, 0.05) is 25.0 Å². The molecule has 6 nitrogen and oxygen atoms in total. The second-order valence-corrected chi connectivity index (χ2v) is 6.00. The zero-order chi connectivity index (χ0) is 16.4. The molecule has 4 rings (SSSR count). The number of amides is 1. The predicted octanol–water partition coefficient (Wildman–Crippen LogP) is 2.72. The fourth-order valence-electron chi connectivity index (χ4n) is 2.80. The average Bonchev–Trinajstić information content (AvgIpc) is 3.02. The summed E-state index contributed by atoms with van der Waals surface area (Å²) in [6.07, 6.45) is 7.45. The zero-order valence-corrected chi connectivity index (χ0v) is 13.1. The van der Waals surface area contributed by atoms with E-state index in [1.165, 1.54) is 0 Å². The molecule has 0 bridgehead atoms. The number of nitrogens with one attached hydrogen (secondary N) is 1. The van der Waals surface area contributed by atoms with Crippen molar-refractivity contribution in [2.75, 3.05) is 6.54 Å². The van der Waals surface area contributed by atoms with Crippen molar-refractivity contribution in [1.29, 1.82) is 0 Å². The first-order valence-electron chi connectivity index (χ1n) is 7.96. The average molecular weight is 323 g/mol. The van der Waals surface area contributed by atoms with E-state index in [9.17, 15) is 4.79 Å². The summed E-state index contributed by atoms with van der Waals surface area (Å²) in [6.45, 7) is 0.591. The number of nitrogens with zero attached hydrogens (tertiary/aromatic N) is 2. The van der Waals surface area contributed by atoms with Gasteiger partial charge in [0.15, 0.2) is 5.76 Å². The Bertz CT molecular complexity index is 820. The molecule has 3 aromatic heterocycles. The van der Waals surface area contributed by atoms with Gasteiger partial charge in [-0.15, -0.1) is 0 Å². The molecule has 1 saturated carbocycles. The van der Waals surface area contributed by atoms with Crippen molar-refractivity contribution >= 4 is 5.91 Å². The van der Waals surface area contributed by atoms with Crippen molar-refractivity contribution in [1.82, 2.24) is 15.5 Å². The number of carbonyl (C=O) groups is 1. The van der Waals surface area contributed by atoms with Gasteiger partial charge >= 0.3 is 0 Å². The van der Waals surface area contributed by atoms with Crippen molar-refractivity contribution in [3.63, 3.8) is 0 Å². The minimum atomic E-state index is -0.549. The van der Waals surface area contributed by atoms with Crippen molar-refractivity contribution in [2.24, 2.45) is 0 Å². The summed E-state index contributed by atoms with van der Waals surface area (Å²) in [7, 11) is 0. The number of pyridine rings is 1. The van der Waals surface area contributed by atoms with Gasteiger partial charge in [-0.2, -0.15) is 0 Å². The Labute approximate surface area is 138 Å². The molecule has 1 N–H and O–H groups in total. The Balaban J connectivity index is 1.41. The lowest BCUT2D eigenvalue weighted by molar-refractivity contribution is -0.123. The topological polar surface area (TPSA) is 81.2 Å². The molecule has 0 aromatic carbocycles. The van der Waals surface area contributed by atoms with Crippen LogP contribution in [0.3, 0.4) is 0 Å².